The van der Waals surface area contributed by atoms with E-state index in [9.17, 15) is 4.79 Å². The highest BCUT2D eigenvalue weighted by Crippen LogP contribution is 2.39. The quantitative estimate of drug-likeness (QED) is 0.201. The summed E-state index contributed by atoms with van der Waals surface area (Å²) in [6.45, 7) is 11.2. The van der Waals surface area contributed by atoms with E-state index in [0.29, 0.717) is 82.8 Å². The van der Waals surface area contributed by atoms with Gasteiger partial charge in [-0.25, -0.2) is 4.79 Å². The molecule has 2 amide bonds. The zero-order valence-electron chi connectivity index (χ0n) is 24.8. The Morgan fingerprint density at radius 2 is 1.95 bits per heavy atom. The van der Waals surface area contributed by atoms with Crippen LogP contribution in [0.2, 0.25) is 5.02 Å². The number of halogens is 1. The molecule has 232 valence electrons. The molecule has 0 bridgehead atoms. The third-order valence-corrected chi connectivity index (χ3v) is 8.47. The molecule has 43 heavy (non-hydrogen) atoms. The molecule has 0 saturated carbocycles. The molecule has 5 rings (SSSR count). The van der Waals surface area contributed by atoms with E-state index in [-0.39, 0.29) is 6.03 Å². The van der Waals surface area contributed by atoms with Crippen LogP contribution in [-0.2, 0) is 9.47 Å². The van der Waals surface area contributed by atoms with Gasteiger partial charge in [0.15, 0.2) is 11.5 Å². The topological polar surface area (TPSA) is 115 Å². The summed E-state index contributed by atoms with van der Waals surface area (Å²) in [5.74, 6) is 2.19. The van der Waals surface area contributed by atoms with E-state index in [0.717, 1.165) is 39.3 Å². The number of anilines is 1. The number of aliphatic imine (C=N–C) groups is 2. The third-order valence-electron chi connectivity index (χ3n) is 8.16. The first kappa shape index (κ1) is 31.1. The molecular formula is C31H40ClN5O6. The summed E-state index contributed by atoms with van der Waals surface area (Å²) in [6, 6.07) is 8.21. The van der Waals surface area contributed by atoms with Crippen molar-refractivity contribution in [2.45, 2.75) is 19.3 Å². The van der Waals surface area contributed by atoms with Crippen LogP contribution in [0.25, 0.3) is 0 Å². The molecule has 12 heteroatoms. The average molecular weight is 614 g/mol. The minimum atomic E-state index is -0.335. The Kier molecular flexibility index (Phi) is 10.4. The number of likely N-dealkylation sites (tertiary alicyclic amines) is 1. The number of hydrogen-bond acceptors (Lipinski definition) is 9. The number of rotatable bonds is 12. The highest BCUT2D eigenvalue weighted by molar-refractivity contribution is 6.33. The number of piperidine rings is 1. The molecule has 0 radical (unpaired) electrons. The van der Waals surface area contributed by atoms with Crippen LogP contribution < -0.4 is 24.8 Å². The van der Waals surface area contributed by atoms with Crippen LogP contribution in [0.3, 0.4) is 0 Å². The van der Waals surface area contributed by atoms with Crippen molar-refractivity contribution in [3.8, 4) is 17.2 Å². The average Bonchev–Trinajstić information content (AvgIpc) is 2.97. The van der Waals surface area contributed by atoms with Crippen molar-refractivity contribution in [1.82, 2.24) is 10.2 Å². The largest absolute Gasteiger partial charge is 0.493 e. The minimum absolute atomic E-state index is 0.296. The van der Waals surface area contributed by atoms with Crippen LogP contribution in [0.15, 0.2) is 40.3 Å². The normalized spacial score (nSPS) is 18.3. The molecule has 0 aliphatic carbocycles. The number of benzene rings is 2. The van der Waals surface area contributed by atoms with Gasteiger partial charge in [0.25, 0.3) is 0 Å². The van der Waals surface area contributed by atoms with Gasteiger partial charge in [-0.3, -0.25) is 9.98 Å². The first-order chi connectivity index (χ1) is 20.9. The Bertz CT molecular complexity index is 1320. The number of methoxy groups -OCH3 is 1. The molecule has 3 heterocycles. The van der Waals surface area contributed by atoms with Crippen LogP contribution in [0.5, 0.6) is 17.2 Å². The third kappa shape index (κ3) is 7.77. The van der Waals surface area contributed by atoms with Gasteiger partial charge in [0.2, 0.25) is 5.90 Å². The van der Waals surface area contributed by atoms with Gasteiger partial charge in [-0.1, -0.05) is 11.6 Å². The van der Waals surface area contributed by atoms with Crippen molar-refractivity contribution in [3.63, 3.8) is 0 Å². The highest BCUT2D eigenvalue weighted by atomic mass is 35.5. The lowest BCUT2D eigenvalue weighted by Crippen LogP contribution is -2.51. The predicted molar refractivity (Wildman–Crippen MR) is 167 cm³/mol. The van der Waals surface area contributed by atoms with Gasteiger partial charge in [0, 0.05) is 43.6 Å². The van der Waals surface area contributed by atoms with Crippen molar-refractivity contribution in [2.24, 2.45) is 21.3 Å². The molecular weight excluding hydrogens is 574 g/mol. The molecule has 1 spiro atoms. The van der Waals surface area contributed by atoms with Crippen molar-refractivity contribution in [3.05, 3.63) is 40.9 Å². The first-order valence-corrected chi connectivity index (χ1v) is 15.0. The molecule has 0 unspecified atom stereocenters. The van der Waals surface area contributed by atoms with Crippen LogP contribution in [0.4, 0.5) is 16.2 Å². The second-order valence-corrected chi connectivity index (χ2v) is 11.6. The molecule has 11 nitrogen and oxygen atoms in total. The summed E-state index contributed by atoms with van der Waals surface area (Å²) in [7, 11) is 3.21. The number of nitrogens with zero attached hydrogens (tertiary/aromatic N) is 3. The van der Waals surface area contributed by atoms with Gasteiger partial charge in [-0.05, 0) is 57.3 Å². The highest BCUT2D eigenvalue weighted by Gasteiger charge is 2.40. The molecule has 2 aromatic rings. The van der Waals surface area contributed by atoms with Gasteiger partial charge in [0.1, 0.15) is 5.75 Å². The molecule has 3 fully saturated rings. The lowest BCUT2D eigenvalue weighted by Gasteiger charge is -2.47. The number of ether oxygens (including phenoxy) is 5. The van der Waals surface area contributed by atoms with E-state index in [2.05, 4.69) is 32.2 Å². The number of nitrogens with one attached hydrogen (secondary N) is 2. The second kappa shape index (κ2) is 14.4. The maximum atomic E-state index is 12.2. The molecule has 3 aliphatic heterocycles. The molecule has 3 aliphatic rings. The maximum absolute atomic E-state index is 12.2. The zero-order valence-corrected chi connectivity index (χ0v) is 25.6. The van der Waals surface area contributed by atoms with Gasteiger partial charge in [-0.2, -0.15) is 0 Å². The van der Waals surface area contributed by atoms with Gasteiger partial charge in [0.05, 0.1) is 62.1 Å². The summed E-state index contributed by atoms with van der Waals surface area (Å²) >= 11 is 6.45. The minimum Gasteiger partial charge on any atom is -0.493 e. The van der Waals surface area contributed by atoms with E-state index < -0.39 is 0 Å². The Balaban J connectivity index is 1.17. The molecule has 3 saturated heterocycles. The number of hydrogen-bond donors (Lipinski definition) is 2. The lowest BCUT2D eigenvalue weighted by atomic mass is 9.77. The maximum Gasteiger partial charge on any atom is 0.319 e. The number of amides is 2. The van der Waals surface area contributed by atoms with Crippen molar-refractivity contribution >= 4 is 41.6 Å². The fourth-order valence-corrected chi connectivity index (χ4v) is 5.54. The van der Waals surface area contributed by atoms with Crippen LogP contribution in [0.1, 0.15) is 24.8 Å². The zero-order chi connectivity index (χ0) is 30.2. The van der Waals surface area contributed by atoms with Gasteiger partial charge >= 0.3 is 6.03 Å². The van der Waals surface area contributed by atoms with Crippen molar-refractivity contribution in [2.75, 3.05) is 78.7 Å². The Labute approximate surface area is 257 Å². The summed E-state index contributed by atoms with van der Waals surface area (Å²) < 4.78 is 28.4. The summed E-state index contributed by atoms with van der Waals surface area (Å²) in [4.78, 5) is 23.3. The first-order valence-electron chi connectivity index (χ1n) is 14.6. The number of urea groups is 1. The molecule has 0 aromatic heterocycles. The summed E-state index contributed by atoms with van der Waals surface area (Å²) in [5, 5.41) is 5.90. The van der Waals surface area contributed by atoms with E-state index in [1.165, 1.54) is 12.8 Å². The summed E-state index contributed by atoms with van der Waals surface area (Å²) in [6.07, 6.45) is 3.32. The van der Waals surface area contributed by atoms with E-state index in [4.69, 9.17) is 35.3 Å². The van der Waals surface area contributed by atoms with E-state index >= 15 is 0 Å². The molecule has 2 aromatic carbocycles. The Hall–Kier alpha value is -3.38. The predicted octanol–water partition coefficient (Wildman–Crippen LogP) is 4.79. The van der Waals surface area contributed by atoms with Gasteiger partial charge in [-0.15, -0.1) is 0 Å². The van der Waals surface area contributed by atoms with Crippen molar-refractivity contribution < 1.29 is 28.5 Å². The molecule has 2 N–H and O–H groups in total. The summed E-state index contributed by atoms with van der Waals surface area (Å²) in [5.41, 5.74) is 2.02. The molecule has 0 atom stereocenters. The number of carbonyl (C=O) groups is 1. The van der Waals surface area contributed by atoms with E-state index in [1.54, 1.807) is 44.5 Å². The number of carbonyl (C=O) groups excluding carboxylic acids is 1. The Morgan fingerprint density at radius 3 is 2.56 bits per heavy atom. The van der Waals surface area contributed by atoms with Crippen LogP contribution in [0, 0.1) is 11.3 Å². The van der Waals surface area contributed by atoms with Crippen LogP contribution in [-0.4, -0.2) is 96.9 Å². The Morgan fingerprint density at radius 1 is 1.16 bits per heavy atom. The monoisotopic (exact) mass is 613 g/mol. The van der Waals surface area contributed by atoms with E-state index in [1.807, 2.05) is 0 Å². The second-order valence-electron chi connectivity index (χ2n) is 11.2. The smallest absolute Gasteiger partial charge is 0.319 e. The van der Waals surface area contributed by atoms with Crippen molar-refractivity contribution in [1.29, 1.82) is 0 Å². The fraction of sp³-hybridized carbons (Fsp3) is 0.516. The SMILES string of the molecule is C=Nc1cc(OCCCN2CCC3(CC2)COC3)c(OC)cc1C(=NC)Oc1ccc(NC(=O)NCC2COC2)c(Cl)c1. The lowest BCUT2D eigenvalue weighted by molar-refractivity contribution is -0.139. The van der Waals surface area contributed by atoms with Crippen LogP contribution >= 0.6 is 11.6 Å². The fourth-order valence-electron chi connectivity index (χ4n) is 5.32. The van der Waals surface area contributed by atoms with Gasteiger partial charge < -0.3 is 39.2 Å². The standard InChI is InChI=1S/C31H40ClN5O6/c1-33-26-15-28(42-12-4-9-37-10-7-31(8-11-37)19-41-20-31)27(39-3)14-23(26)29(34-2)43-22-5-6-25(24(32)13-22)36-30(38)35-16-21-17-40-18-21/h5-6,13-15,21H,1,4,7-12,16-20H2,2-3H3,(H2,35,36,38).